The zero-order valence-corrected chi connectivity index (χ0v) is 24.2. The minimum Gasteiger partial charge on any atom is -0.497 e. The molecule has 218 valence electrons. The first kappa shape index (κ1) is 31.1. The molecule has 0 bridgehead atoms. The van der Waals surface area contributed by atoms with Crippen molar-refractivity contribution in [1.82, 2.24) is 10.2 Å². The number of methoxy groups -OCH3 is 1. The molecule has 3 aromatic carbocycles. The summed E-state index contributed by atoms with van der Waals surface area (Å²) in [6, 6.07) is 18.4. The van der Waals surface area contributed by atoms with E-state index in [0.29, 0.717) is 17.7 Å². The number of nitrogens with one attached hydrogen (secondary N) is 1. The Balaban J connectivity index is 2.02. The average molecular weight is 583 g/mol. The first-order valence-corrected chi connectivity index (χ1v) is 14.5. The van der Waals surface area contributed by atoms with Crippen LogP contribution in [0.5, 0.6) is 5.75 Å². The van der Waals surface area contributed by atoms with Crippen molar-refractivity contribution in [1.29, 1.82) is 0 Å². The van der Waals surface area contributed by atoms with Crippen molar-refractivity contribution in [2.75, 3.05) is 18.0 Å². The van der Waals surface area contributed by atoms with Crippen LogP contribution in [0.1, 0.15) is 32.8 Å². The number of nitrogens with zero attached hydrogens (tertiary/aromatic N) is 3. The van der Waals surface area contributed by atoms with Gasteiger partial charge in [0.15, 0.2) is 0 Å². The number of hydrogen-bond donors (Lipinski definition) is 1. The predicted molar refractivity (Wildman–Crippen MR) is 155 cm³/mol. The molecule has 0 aliphatic carbocycles. The molecule has 0 aliphatic rings. The molecular weight excluding hydrogens is 548 g/mol. The lowest BCUT2D eigenvalue weighted by Crippen LogP contribution is -2.52. The average Bonchev–Trinajstić information content (AvgIpc) is 2.98. The Labute approximate surface area is 239 Å². The van der Waals surface area contributed by atoms with Crippen molar-refractivity contribution in [3.63, 3.8) is 0 Å². The Kier molecular flexibility index (Phi) is 10.4. The van der Waals surface area contributed by atoms with E-state index in [2.05, 4.69) is 5.32 Å². The van der Waals surface area contributed by atoms with Crippen LogP contribution in [0.25, 0.3) is 0 Å². The molecule has 2 amide bonds. The molecule has 0 unspecified atom stereocenters. The summed E-state index contributed by atoms with van der Waals surface area (Å²) in [6.07, 6.45) is 0.689. The molecule has 3 aromatic rings. The summed E-state index contributed by atoms with van der Waals surface area (Å²) in [5, 5.41) is 14.1. The van der Waals surface area contributed by atoms with Crippen LogP contribution in [0.4, 0.5) is 11.4 Å². The number of hydrogen-bond acceptors (Lipinski definition) is 7. The standard InChI is InChI=1S/C29H34N4O7S/c1-5-21(2)30-29(35)22(3)31(19-23-11-17-26(40-4)18-12-23)28(34)20-32(24-13-15-25(16-14-24)33(36)37)41(38,39)27-9-7-6-8-10-27/h6-18,21-22H,5,19-20H2,1-4H3,(H,30,35)/t21-,22-/m1/s1. The van der Waals surface area contributed by atoms with Crippen LogP contribution in [0.15, 0.2) is 83.8 Å². The van der Waals surface area contributed by atoms with Gasteiger partial charge in [-0.1, -0.05) is 37.3 Å². The minimum atomic E-state index is -4.27. The highest BCUT2D eigenvalue weighted by molar-refractivity contribution is 7.92. The number of benzene rings is 3. The van der Waals surface area contributed by atoms with Gasteiger partial charge in [-0.05, 0) is 62.2 Å². The number of amides is 2. The van der Waals surface area contributed by atoms with Crippen molar-refractivity contribution in [2.45, 2.75) is 50.7 Å². The van der Waals surface area contributed by atoms with Gasteiger partial charge in [0, 0.05) is 24.7 Å². The topological polar surface area (TPSA) is 139 Å². The third-order valence-corrected chi connectivity index (χ3v) is 8.43. The molecule has 0 heterocycles. The van der Waals surface area contributed by atoms with E-state index in [1.165, 1.54) is 48.4 Å². The van der Waals surface area contributed by atoms with Crippen molar-refractivity contribution in [3.8, 4) is 5.75 Å². The van der Waals surface area contributed by atoms with E-state index >= 15 is 0 Å². The number of rotatable bonds is 13. The van der Waals surface area contributed by atoms with Gasteiger partial charge in [0.05, 0.1) is 22.6 Å². The number of nitro groups is 1. The van der Waals surface area contributed by atoms with Crippen molar-refractivity contribution >= 4 is 33.2 Å². The first-order chi connectivity index (χ1) is 19.5. The van der Waals surface area contributed by atoms with E-state index in [0.717, 1.165) is 4.31 Å². The Bertz CT molecular complexity index is 1450. The van der Waals surface area contributed by atoms with Crippen LogP contribution in [0, 0.1) is 10.1 Å². The third-order valence-electron chi connectivity index (χ3n) is 6.64. The van der Waals surface area contributed by atoms with Crippen LogP contribution in [0.2, 0.25) is 0 Å². The lowest BCUT2D eigenvalue weighted by Gasteiger charge is -2.32. The molecule has 0 aromatic heterocycles. The summed E-state index contributed by atoms with van der Waals surface area (Å²) in [7, 11) is -2.73. The summed E-state index contributed by atoms with van der Waals surface area (Å²) in [6.45, 7) is 4.74. The van der Waals surface area contributed by atoms with Crippen LogP contribution >= 0.6 is 0 Å². The van der Waals surface area contributed by atoms with E-state index < -0.39 is 33.4 Å². The summed E-state index contributed by atoms with van der Waals surface area (Å²) >= 11 is 0. The van der Waals surface area contributed by atoms with Gasteiger partial charge >= 0.3 is 0 Å². The van der Waals surface area contributed by atoms with Crippen LogP contribution in [0.3, 0.4) is 0 Å². The van der Waals surface area contributed by atoms with Gasteiger partial charge in [0.25, 0.3) is 15.7 Å². The van der Waals surface area contributed by atoms with Gasteiger partial charge in [-0.25, -0.2) is 8.42 Å². The molecule has 11 nitrogen and oxygen atoms in total. The molecule has 0 saturated heterocycles. The maximum Gasteiger partial charge on any atom is 0.269 e. The van der Waals surface area contributed by atoms with E-state index in [1.54, 1.807) is 49.4 Å². The first-order valence-electron chi connectivity index (χ1n) is 13.0. The maximum absolute atomic E-state index is 13.9. The second kappa shape index (κ2) is 13.8. The molecular formula is C29H34N4O7S. The largest absolute Gasteiger partial charge is 0.497 e. The quantitative estimate of drug-likeness (QED) is 0.236. The lowest BCUT2D eigenvalue weighted by atomic mass is 10.1. The highest BCUT2D eigenvalue weighted by Crippen LogP contribution is 2.26. The van der Waals surface area contributed by atoms with E-state index in [9.17, 15) is 28.1 Å². The van der Waals surface area contributed by atoms with Gasteiger partial charge in [-0.15, -0.1) is 0 Å². The molecule has 3 rings (SSSR count). The van der Waals surface area contributed by atoms with Crippen LogP contribution < -0.4 is 14.4 Å². The molecule has 2 atom stereocenters. The molecule has 0 spiro atoms. The molecule has 41 heavy (non-hydrogen) atoms. The fourth-order valence-electron chi connectivity index (χ4n) is 3.96. The fourth-order valence-corrected chi connectivity index (χ4v) is 5.40. The van der Waals surface area contributed by atoms with E-state index in [1.807, 2.05) is 13.8 Å². The van der Waals surface area contributed by atoms with Crippen LogP contribution in [-0.4, -0.2) is 55.8 Å². The fraction of sp³-hybridized carbons (Fsp3) is 0.310. The molecule has 0 radical (unpaired) electrons. The van der Waals surface area contributed by atoms with Gasteiger partial charge in [-0.3, -0.25) is 24.0 Å². The molecule has 1 N–H and O–H groups in total. The molecule has 0 fully saturated rings. The van der Waals surface area contributed by atoms with Gasteiger partial charge in [0.1, 0.15) is 18.3 Å². The predicted octanol–water partition coefficient (Wildman–Crippen LogP) is 4.13. The van der Waals surface area contributed by atoms with E-state index in [4.69, 9.17) is 4.74 Å². The number of nitro benzene ring substituents is 1. The minimum absolute atomic E-state index is 0.0252. The van der Waals surface area contributed by atoms with Crippen LogP contribution in [-0.2, 0) is 26.2 Å². The zero-order chi connectivity index (χ0) is 30.2. The Morgan fingerprint density at radius 1 is 0.976 bits per heavy atom. The summed E-state index contributed by atoms with van der Waals surface area (Å²) in [5.41, 5.74) is 0.539. The number of carbonyl (C=O) groups excluding carboxylic acids is 2. The van der Waals surface area contributed by atoms with Gasteiger partial charge in [-0.2, -0.15) is 0 Å². The highest BCUT2D eigenvalue weighted by atomic mass is 32.2. The van der Waals surface area contributed by atoms with Crippen molar-refractivity contribution in [3.05, 3.63) is 94.5 Å². The molecule has 0 aliphatic heterocycles. The normalized spacial score (nSPS) is 12.6. The molecule has 0 saturated carbocycles. The zero-order valence-electron chi connectivity index (χ0n) is 23.4. The second-order valence-electron chi connectivity index (χ2n) is 9.46. The number of anilines is 1. The van der Waals surface area contributed by atoms with Gasteiger partial charge < -0.3 is 15.0 Å². The second-order valence-corrected chi connectivity index (χ2v) is 11.3. The SMILES string of the molecule is CC[C@@H](C)NC(=O)[C@@H](C)N(Cc1ccc(OC)cc1)C(=O)CN(c1ccc([N+](=O)[O-])cc1)S(=O)(=O)c1ccccc1. The Morgan fingerprint density at radius 2 is 1.59 bits per heavy atom. The number of carbonyl (C=O) groups is 2. The number of sulfonamides is 1. The smallest absolute Gasteiger partial charge is 0.269 e. The third kappa shape index (κ3) is 7.82. The Hall–Kier alpha value is -4.45. The number of non-ortho nitro benzene ring substituents is 1. The number of ether oxygens (including phenoxy) is 1. The van der Waals surface area contributed by atoms with Crippen molar-refractivity contribution < 1.29 is 27.7 Å². The molecule has 12 heteroatoms. The van der Waals surface area contributed by atoms with E-state index in [-0.39, 0.29) is 34.8 Å². The summed E-state index contributed by atoms with van der Waals surface area (Å²) in [4.78, 5) is 38.9. The maximum atomic E-state index is 13.9. The summed E-state index contributed by atoms with van der Waals surface area (Å²) in [5.74, 6) is -0.396. The monoisotopic (exact) mass is 582 g/mol. The summed E-state index contributed by atoms with van der Waals surface area (Å²) < 4.78 is 33.6. The van der Waals surface area contributed by atoms with Gasteiger partial charge in [0.2, 0.25) is 11.8 Å². The lowest BCUT2D eigenvalue weighted by molar-refractivity contribution is -0.384. The van der Waals surface area contributed by atoms with Crippen molar-refractivity contribution in [2.24, 2.45) is 0 Å². The highest BCUT2D eigenvalue weighted by Gasteiger charge is 2.33. The Morgan fingerprint density at radius 3 is 2.12 bits per heavy atom.